The second-order valence-electron chi connectivity index (χ2n) is 6.26. The summed E-state index contributed by atoms with van der Waals surface area (Å²) in [5.74, 6) is 0.646. The van der Waals surface area contributed by atoms with Crippen LogP contribution in [0.5, 0.6) is 5.75 Å². The molecule has 150 valence electrons. The molecule has 0 unspecified atom stereocenters. The van der Waals surface area contributed by atoms with Crippen LogP contribution in [0.4, 0.5) is 5.69 Å². The molecule has 2 aromatic carbocycles. The standard InChI is InChI=1S/C20H21N5O3S/c1-12(19(27)22-14-10-8-13(9-11-14)17(21)26)29-20-24-23-18(25(20)2)15-6-4-5-7-16(15)28-3/h4-12H,1-3H3,(H2,21,26)(H,22,27)/t12-/m0/s1. The summed E-state index contributed by atoms with van der Waals surface area (Å²) in [7, 11) is 3.45. The zero-order valence-corrected chi connectivity index (χ0v) is 17.1. The first-order valence-electron chi connectivity index (χ1n) is 8.81. The van der Waals surface area contributed by atoms with Crippen molar-refractivity contribution >= 4 is 29.3 Å². The van der Waals surface area contributed by atoms with Gasteiger partial charge < -0.3 is 20.4 Å². The highest BCUT2D eigenvalue weighted by molar-refractivity contribution is 8.00. The van der Waals surface area contributed by atoms with E-state index in [9.17, 15) is 9.59 Å². The van der Waals surface area contributed by atoms with E-state index in [1.165, 1.54) is 11.8 Å². The van der Waals surface area contributed by atoms with Crippen LogP contribution >= 0.6 is 11.8 Å². The number of thioether (sulfide) groups is 1. The van der Waals surface area contributed by atoms with Crippen LogP contribution in [0.2, 0.25) is 0 Å². The van der Waals surface area contributed by atoms with Gasteiger partial charge in [0.1, 0.15) is 5.75 Å². The van der Waals surface area contributed by atoms with E-state index in [1.807, 2.05) is 35.9 Å². The lowest BCUT2D eigenvalue weighted by Gasteiger charge is -2.12. The summed E-state index contributed by atoms with van der Waals surface area (Å²) in [6.45, 7) is 1.79. The summed E-state index contributed by atoms with van der Waals surface area (Å²) < 4.78 is 7.22. The maximum absolute atomic E-state index is 12.5. The number of hydrogen-bond donors (Lipinski definition) is 2. The van der Waals surface area contributed by atoms with Gasteiger partial charge in [-0.25, -0.2) is 0 Å². The van der Waals surface area contributed by atoms with E-state index < -0.39 is 11.2 Å². The highest BCUT2D eigenvalue weighted by Gasteiger charge is 2.20. The van der Waals surface area contributed by atoms with Crippen LogP contribution in [0, 0.1) is 0 Å². The lowest BCUT2D eigenvalue weighted by molar-refractivity contribution is -0.115. The van der Waals surface area contributed by atoms with Crippen molar-refractivity contribution < 1.29 is 14.3 Å². The number of benzene rings is 2. The summed E-state index contributed by atoms with van der Waals surface area (Å²) in [6, 6.07) is 14.0. The Morgan fingerprint density at radius 1 is 1.14 bits per heavy atom. The fourth-order valence-electron chi connectivity index (χ4n) is 2.65. The maximum atomic E-state index is 12.5. The van der Waals surface area contributed by atoms with Crippen LogP contribution in [0.1, 0.15) is 17.3 Å². The van der Waals surface area contributed by atoms with E-state index in [-0.39, 0.29) is 5.91 Å². The molecule has 1 heterocycles. The normalized spacial score (nSPS) is 11.7. The Morgan fingerprint density at radius 2 is 1.83 bits per heavy atom. The summed E-state index contributed by atoms with van der Waals surface area (Å²) in [5, 5.41) is 11.5. The Kier molecular flexibility index (Phi) is 6.18. The van der Waals surface area contributed by atoms with Gasteiger partial charge >= 0.3 is 0 Å². The van der Waals surface area contributed by atoms with E-state index >= 15 is 0 Å². The van der Waals surface area contributed by atoms with Gasteiger partial charge in [-0.05, 0) is 43.3 Å². The van der Waals surface area contributed by atoms with Crippen LogP contribution < -0.4 is 15.8 Å². The topological polar surface area (TPSA) is 112 Å². The average Bonchev–Trinajstić information content (AvgIpc) is 3.08. The summed E-state index contributed by atoms with van der Waals surface area (Å²) in [5.41, 5.74) is 7.01. The number of carbonyl (C=O) groups is 2. The van der Waals surface area contributed by atoms with Crippen LogP contribution in [-0.2, 0) is 11.8 Å². The SMILES string of the molecule is COc1ccccc1-c1nnc(S[C@@H](C)C(=O)Nc2ccc(C(N)=O)cc2)n1C. The second-order valence-corrected chi connectivity index (χ2v) is 7.56. The number of primary amides is 1. The number of carbonyl (C=O) groups excluding carboxylic acids is 2. The van der Waals surface area contributed by atoms with Crippen molar-refractivity contribution in [2.75, 3.05) is 12.4 Å². The Morgan fingerprint density at radius 3 is 2.48 bits per heavy atom. The number of hydrogen-bond acceptors (Lipinski definition) is 6. The first-order valence-corrected chi connectivity index (χ1v) is 9.69. The van der Waals surface area contributed by atoms with Crippen LogP contribution in [0.3, 0.4) is 0 Å². The number of nitrogens with zero attached hydrogens (tertiary/aromatic N) is 3. The first-order chi connectivity index (χ1) is 13.9. The summed E-state index contributed by atoms with van der Waals surface area (Å²) in [6.07, 6.45) is 0. The van der Waals surface area contributed by atoms with Gasteiger partial charge in [-0.3, -0.25) is 9.59 Å². The molecule has 0 aliphatic carbocycles. The molecule has 3 N–H and O–H groups in total. The third-order valence-corrected chi connectivity index (χ3v) is 5.41. The average molecular weight is 411 g/mol. The van der Waals surface area contributed by atoms with Crippen molar-refractivity contribution in [1.82, 2.24) is 14.8 Å². The molecule has 0 saturated carbocycles. The summed E-state index contributed by atoms with van der Waals surface area (Å²) >= 11 is 1.30. The number of ether oxygens (including phenoxy) is 1. The molecule has 1 atom stereocenters. The van der Waals surface area contributed by atoms with E-state index in [2.05, 4.69) is 15.5 Å². The zero-order chi connectivity index (χ0) is 21.0. The number of methoxy groups -OCH3 is 1. The highest BCUT2D eigenvalue weighted by atomic mass is 32.2. The molecule has 3 aromatic rings. The number of para-hydroxylation sites is 1. The van der Waals surface area contributed by atoms with Crippen molar-refractivity contribution in [3.8, 4) is 17.1 Å². The first kappa shape index (κ1) is 20.4. The lowest BCUT2D eigenvalue weighted by Crippen LogP contribution is -2.23. The minimum atomic E-state index is -0.514. The smallest absolute Gasteiger partial charge is 0.248 e. The largest absolute Gasteiger partial charge is 0.496 e. The third kappa shape index (κ3) is 4.57. The number of rotatable bonds is 7. The predicted molar refractivity (Wildman–Crippen MR) is 112 cm³/mol. The Balaban J connectivity index is 1.70. The number of amides is 2. The van der Waals surface area contributed by atoms with Gasteiger partial charge in [-0.15, -0.1) is 10.2 Å². The maximum Gasteiger partial charge on any atom is 0.248 e. The van der Waals surface area contributed by atoms with Crippen molar-refractivity contribution in [2.24, 2.45) is 12.8 Å². The van der Waals surface area contributed by atoms with E-state index in [0.717, 1.165) is 5.56 Å². The summed E-state index contributed by atoms with van der Waals surface area (Å²) in [4.78, 5) is 23.7. The molecule has 1 aromatic heterocycles. The molecule has 0 bridgehead atoms. The molecule has 0 radical (unpaired) electrons. The third-order valence-electron chi connectivity index (χ3n) is 4.27. The highest BCUT2D eigenvalue weighted by Crippen LogP contribution is 2.31. The molecule has 9 heteroatoms. The van der Waals surface area contributed by atoms with Gasteiger partial charge in [0.05, 0.1) is 17.9 Å². The van der Waals surface area contributed by atoms with Gasteiger partial charge in [0, 0.05) is 18.3 Å². The lowest BCUT2D eigenvalue weighted by atomic mass is 10.2. The molecule has 0 aliphatic heterocycles. The predicted octanol–water partition coefficient (Wildman–Crippen LogP) is 2.71. The number of nitrogens with two attached hydrogens (primary N) is 1. The van der Waals surface area contributed by atoms with Crippen molar-refractivity contribution in [2.45, 2.75) is 17.3 Å². The zero-order valence-electron chi connectivity index (χ0n) is 16.2. The van der Waals surface area contributed by atoms with E-state index in [0.29, 0.717) is 28.0 Å². The van der Waals surface area contributed by atoms with Crippen molar-refractivity contribution in [3.63, 3.8) is 0 Å². The molecule has 0 saturated heterocycles. The quantitative estimate of drug-likeness (QED) is 0.578. The van der Waals surface area contributed by atoms with Crippen LogP contribution in [-0.4, -0.2) is 38.9 Å². The molecule has 8 nitrogen and oxygen atoms in total. The molecular formula is C20H21N5O3S. The number of nitrogens with one attached hydrogen (secondary N) is 1. The van der Waals surface area contributed by atoms with Crippen molar-refractivity contribution in [1.29, 1.82) is 0 Å². The molecular weight excluding hydrogens is 390 g/mol. The van der Waals surface area contributed by atoms with Crippen LogP contribution in [0.15, 0.2) is 53.7 Å². The minimum absolute atomic E-state index is 0.191. The number of anilines is 1. The Labute approximate surface area is 172 Å². The van der Waals surface area contributed by atoms with Gasteiger partial charge in [0.25, 0.3) is 0 Å². The van der Waals surface area contributed by atoms with Gasteiger partial charge in [-0.2, -0.15) is 0 Å². The fourth-order valence-corrected chi connectivity index (χ4v) is 3.47. The molecule has 29 heavy (non-hydrogen) atoms. The minimum Gasteiger partial charge on any atom is -0.496 e. The fraction of sp³-hybridized carbons (Fsp3) is 0.200. The molecule has 2 amide bonds. The Hall–Kier alpha value is -3.33. The van der Waals surface area contributed by atoms with Crippen LogP contribution in [0.25, 0.3) is 11.4 Å². The van der Waals surface area contributed by atoms with E-state index in [1.54, 1.807) is 38.3 Å². The van der Waals surface area contributed by atoms with E-state index in [4.69, 9.17) is 10.5 Å². The van der Waals surface area contributed by atoms with Gasteiger partial charge in [-0.1, -0.05) is 23.9 Å². The Bertz CT molecular complexity index is 1030. The second kappa shape index (κ2) is 8.78. The molecule has 3 rings (SSSR count). The monoisotopic (exact) mass is 411 g/mol. The van der Waals surface area contributed by atoms with Gasteiger partial charge in [0.2, 0.25) is 11.8 Å². The number of aromatic nitrogens is 3. The van der Waals surface area contributed by atoms with Gasteiger partial charge in [0.15, 0.2) is 11.0 Å². The molecule has 0 aliphatic rings. The van der Waals surface area contributed by atoms with Crippen molar-refractivity contribution in [3.05, 3.63) is 54.1 Å². The molecule has 0 fully saturated rings. The molecule has 0 spiro atoms.